The Labute approximate surface area is 120 Å². The minimum Gasteiger partial charge on any atom is -0.616 e. The Kier molecular flexibility index (Phi) is 4.51. The van der Waals surface area contributed by atoms with Gasteiger partial charge in [-0.3, -0.25) is 15.0 Å². The van der Waals surface area contributed by atoms with Crippen molar-refractivity contribution < 1.29 is 18.9 Å². The number of carbonyl (C=O) groups is 2. The zero-order valence-corrected chi connectivity index (χ0v) is 12.1. The first-order chi connectivity index (χ1) is 9.51. The van der Waals surface area contributed by atoms with Gasteiger partial charge in [-0.1, -0.05) is 6.07 Å². The predicted molar refractivity (Wildman–Crippen MR) is 74.5 cm³/mol. The van der Waals surface area contributed by atoms with Crippen LogP contribution in [0.1, 0.15) is 13.8 Å². The third kappa shape index (κ3) is 3.23. The van der Waals surface area contributed by atoms with Crippen LogP contribution < -0.4 is 10.2 Å². The summed E-state index contributed by atoms with van der Waals surface area (Å²) in [5.41, 5.74) is 2.35. The molecule has 6 nitrogen and oxygen atoms in total. The molecule has 0 saturated carbocycles. The molecule has 2 atom stereocenters. The number of β-lactam (4-membered cyclic amide) rings is 1. The fraction of sp³-hybridized carbons (Fsp3) is 0.385. The van der Waals surface area contributed by atoms with Gasteiger partial charge in [-0.25, -0.2) is 5.01 Å². The summed E-state index contributed by atoms with van der Waals surface area (Å²) < 4.78 is 16.2. The van der Waals surface area contributed by atoms with Gasteiger partial charge in [0.1, 0.15) is 17.3 Å². The highest BCUT2D eigenvalue weighted by Gasteiger charge is 2.45. The van der Waals surface area contributed by atoms with Gasteiger partial charge >= 0.3 is 0 Å². The number of carbonyl (C=O) groups excluding carboxylic acids is 2. The molecule has 3 heterocycles. The van der Waals surface area contributed by atoms with E-state index < -0.39 is 16.4 Å². The van der Waals surface area contributed by atoms with Gasteiger partial charge in [-0.15, -0.1) is 0 Å². The summed E-state index contributed by atoms with van der Waals surface area (Å²) in [5.74, 6) is 1.91. The highest BCUT2D eigenvalue weighted by molar-refractivity contribution is 7.92. The number of nitrogens with one attached hydrogen (secondary N) is 1. The maximum Gasteiger partial charge on any atom is 0.296 e. The Hall–Kier alpha value is -1.73. The molecular formula is C13H16N2O4S. The van der Waals surface area contributed by atoms with E-state index in [-0.39, 0.29) is 11.8 Å². The summed E-state index contributed by atoms with van der Waals surface area (Å²) in [6, 6.07) is 7.86. The predicted octanol–water partition coefficient (Wildman–Crippen LogP) is 0.809. The molecule has 0 aliphatic carbocycles. The number of hydrogen-bond acceptors (Lipinski definition) is 4. The maximum atomic E-state index is 11.2. The lowest BCUT2D eigenvalue weighted by Gasteiger charge is -2.37. The van der Waals surface area contributed by atoms with Crippen LogP contribution in [-0.2, 0) is 20.8 Å². The maximum absolute atomic E-state index is 11.2. The Morgan fingerprint density at radius 1 is 1.55 bits per heavy atom. The molecule has 0 aromatic heterocycles. The Morgan fingerprint density at radius 2 is 2.15 bits per heavy atom. The van der Waals surface area contributed by atoms with Crippen LogP contribution in [0.5, 0.6) is 11.5 Å². The lowest BCUT2D eigenvalue weighted by molar-refractivity contribution is -0.148. The summed E-state index contributed by atoms with van der Waals surface area (Å²) in [4.78, 5) is 21.8. The number of fused-ring (bicyclic) bond motifs is 2. The first kappa shape index (κ1) is 14.7. The third-order valence-corrected chi connectivity index (χ3v) is 4.38. The van der Waals surface area contributed by atoms with Gasteiger partial charge in [0.15, 0.2) is 0 Å². The molecule has 0 radical (unpaired) electrons. The molecular weight excluding hydrogens is 280 g/mol. The minimum atomic E-state index is -1.09. The fourth-order valence-electron chi connectivity index (χ4n) is 1.76. The molecule has 3 aliphatic heterocycles. The van der Waals surface area contributed by atoms with Crippen LogP contribution in [0.2, 0.25) is 0 Å². The van der Waals surface area contributed by atoms with Gasteiger partial charge in [0.05, 0.1) is 6.54 Å². The molecule has 1 aromatic rings. The van der Waals surface area contributed by atoms with E-state index in [1.165, 1.54) is 11.9 Å². The SMILES string of the molecule is CC[S+]([O-])[C@@H]1CN(NC(C)=O)C1=O.c1cc2cc(c1)O2. The second-order valence-electron chi connectivity index (χ2n) is 4.35. The van der Waals surface area contributed by atoms with E-state index in [1.54, 1.807) is 6.92 Å². The summed E-state index contributed by atoms with van der Waals surface area (Å²) >= 11 is -1.09. The standard InChI is InChI=1S/C7H12N2O3S.C6H4O/c1-3-13(12)6-4-9(7(6)11)8-5(2)10;1-2-5-4-6(3-1)7-5/h6H,3-4H2,1-2H3,(H,8,10);1-4H/t6-,13?;/m1./s1. The average Bonchev–Trinajstić information content (AvgIpc) is 2.42. The molecule has 1 fully saturated rings. The number of ether oxygens (including phenoxy) is 1. The van der Waals surface area contributed by atoms with Gasteiger partial charge < -0.3 is 9.29 Å². The molecule has 0 spiro atoms. The van der Waals surface area contributed by atoms with Crippen molar-refractivity contribution in [2.75, 3.05) is 12.3 Å². The highest BCUT2D eigenvalue weighted by atomic mass is 32.2. The van der Waals surface area contributed by atoms with Crippen LogP contribution in [0.15, 0.2) is 24.3 Å². The molecule has 1 aromatic carbocycles. The molecule has 3 aliphatic rings. The van der Waals surface area contributed by atoms with Crippen molar-refractivity contribution in [1.82, 2.24) is 10.4 Å². The van der Waals surface area contributed by atoms with E-state index in [1.807, 2.05) is 24.3 Å². The molecule has 2 bridgehead atoms. The number of nitrogens with zero attached hydrogens (tertiary/aromatic N) is 1. The number of hydrazine groups is 1. The van der Waals surface area contributed by atoms with E-state index in [0.29, 0.717) is 12.3 Å². The van der Waals surface area contributed by atoms with Crippen LogP contribution in [-0.4, -0.2) is 38.9 Å². The van der Waals surface area contributed by atoms with Crippen molar-refractivity contribution in [1.29, 1.82) is 0 Å². The smallest absolute Gasteiger partial charge is 0.296 e. The van der Waals surface area contributed by atoms with E-state index >= 15 is 0 Å². The monoisotopic (exact) mass is 296 g/mol. The zero-order chi connectivity index (χ0) is 14.7. The Morgan fingerprint density at radius 3 is 2.45 bits per heavy atom. The lowest BCUT2D eigenvalue weighted by Crippen LogP contribution is -2.65. The summed E-state index contributed by atoms with van der Waals surface area (Å²) in [6.45, 7) is 3.46. The van der Waals surface area contributed by atoms with Crippen LogP contribution in [0, 0.1) is 0 Å². The van der Waals surface area contributed by atoms with Crippen molar-refractivity contribution >= 4 is 23.0 Å². The van der Waals surface area contributed by atoms with Crippen LogP contribution in [0.25, 0.3) is 0 Å². The summed E-state index contributed by atoms with van der Waals surface area (Å²) in [7, 11) is 0. The molecule has 4 rings (SSSR count). The van der Waals surface area contributed by atoms with Crippen LogP contribution in [0.4, 0.5) is 0 Å². The Balaban J connectivity index is 0.000000173. The van der Waals surface area contributed by atoms with Gasteiger partial charge in [-0.2, -0.15) is 0 Å². The summed E-state index contributed by atoms with van der Waals surface area (Å²) in [5, 5.41) is 0.775. The number of hydrogen-bond donors (Lipinski definition) is 1. The van der Waals surface area contributed by atoms with E-state index in [0.717, 1.165) is 11.5 Å². The first-order valence-corrected chi connectivity index (χ1v) is 7.63. The summed E-state index contributed by atoms with van der Waals surface area (Å²) in [6.07, 6.45) is 0. The van der Waals surface area contributed by atoms with Crippen molar-refractivity contribution in [3.8, 4) is 11.5 Å². The fourth-order valence-corrected chi connectivity index (χ4v) is 2.83. The minimum absolute atomic E-state index is 0.254. The topological polar surface area (TPSA) is 81.7 Å². The number of rotatable bonds is 3. The van der Waals surface area contributed by atoms with Crippen molar-refractivity contribution in [3.63, 3.8) is 0 Å². The van der Waals surface area contributed by atoms with Crippen molar-refractivity contribution in [2.24, 2.45) is 0 Å². The zero-order valence-electron chi connectivity index (χ0n) is 11.3. The Bertz CT molecular complexity index is 498. The molecule has 108 valence electrons. The van der Waals surface area contributed by atoms with Gasteiger partial charge in [0, 0.05) is 13.0 Å². The largest absolute Gasteiger partial charge is 0.616 e. The average molecular weight is 296 g/mol. The normalized spacial score (nSPS) is 19.6. The number of benzene rings is 1. The van der Waals surface area contributed by atoms with Crippen molar-refractivity contribution in [3.05, 3.63) is 24.3 Å². The molecule has 20 heavy (non-hydrogen) atoms. The number of amides is 2. The second-order valence-corrected chi connectivity index (χ2v) is 6.26. The van der Waals surface area contributed by atoms with Gasteiger partial charge in [-0.05, 0) is 30.2 Å². The van der Waals surface area contributed by atoms with Crippen LogP contribution >= 0.6 is 0 Å². The molecule has 1 unspecified atom stereocenters. The van der Waals surface area contributed by atoms with E-state index in [9.17, 15) is 14.1 Å². The molecule has 1 N–H and O–H groups in total. The van der Waals surface area contributed by atoms with E-state index in [4.69, 9.17) is 4.74 Å². The second kappa shape index (κ2) is 6.15. The molecule has 1 saturated heterocycles. The third-order valence-electron chi connectivity index (χ3n) is 2.83. The van der Waals surface area contributed by atoms with E-state index in [2.05, 4.69) is 5.43 Å². The van der Waals surface area contributed by atoms with Gasteiger partial charge in [0.2, 0.25) is 11.2 Å². The van der Waals surface area contributed by atoms with Crippen molar-refractivity contribution in [2.45, 2.75) is 19.1 Å². The van der Waals surface area contributed by atoms with Gasteiger partial charge in [0.25, 0.3) is 5.91 Å². The highest BCUT2D eigenvalue weighted by Crippen LogP contribution is 2.32. The van der Waals surface area contributed by atoms with Crippen LogP contribution in [0.3, 0.4) is 0 Å². The quantitative estimate of drug-likeness (QED) is 0.671. The molecule has 2 amide bonds. The lowest BCUT2D eigenvalue weighted by atomic mass is 10.2. The first-order valence-electron chi connectivity index (χ1n) is 6.25. The molecule has 7 heteroatoms.